The van der Waals surface area contributed by atoms with Gasteiger partial charge >= 0.3 is 0 Å². The summed E-state index contributed by atoms with van der Waals surface area (Å²) in [6.45, 7) is 2.68. The molecule has 7 heteroatoms. The number of nitrogens with zero attached hydrogens (tertiary/aromatic N) is 3. The van der Waals surface area contributed by atoms with Crippen LogP contribution in [-0.2, 0) is 17.9 Å². The average molecular weight is 275 g/mol. The number of nitrogens with two attached hydrogens (primary N) is 1. The van der Waals surface area contributed by atoms with E-state index in [1.807, 2.05) is 6.92 Å². The van der Waals surface area contributed by atoms with E-state index in [2.05, 4.69) is 10.4 Å². The van der Waals surface area contributed by atoms with Gasteiger partial charge in [-0.05, 0) is 12.5 Å². The standard InChI is InChI=1S/C13H17N5O2/c1-2-5-17-8-11(3-4-13(17)20)16-12(19)9-18-7-10(14)6-15-18/h3-4,6-8H,2,5,9,14H2,1H3,(H,16,19). The summed E-state index contributed by atoms with van der Waals surface area (Å²) >= 11 is 0. The van der Waals surface area contributed by atoms with Gasteiger partial charge in [-0.1, -0.05) is 6.92 Å². The molecule has 0 aliphatic carbocycles. The number of pyridine rings is 1. The lowest BCUT2D eigenvalue weighted by Gasteiger charge is -2.08. The van der Waals surface area contributed by atoms with Crippen LogP contribution in [0.4, 0.5) is 11.4 Å². The summed E-state index contributed by atoms with van der Waals surface area (Å²) in [5, 5.41) is 6.66. The van der Waals surface area contributed by atoms with Crippen LogP contribution in [0.5, 0.6) is 0 Å². The molecule has 0 bridgehead atoms. The Bertz CT molecular complexity index is 659. The number of nitrogen functional groups attached to an aromatic ring is 1. The molecule has 106 valence electrons. The van der Waals surface area contributed by atoms with Crippen molar-refractivity contribution >= 4 is 17.3 Å². The molecule has 2 heterocycles. The first kappa shape index (κ1) is 13.9. The maximum atomic E-state index is 11.8. The van der Waals surface area contributed by atoms with Crippen LogP contribution in [0, 0.1) is 0 Å². The van der Waals surface area contributed by atoms with Gasteiger partial charge in [-0.25, -0.2) is 0 Å². The summed E-state index contributed by atoms with van der Waals surface area (Å²) in [5.74, 6) is -0.227. The van der Waals surface area contributed by atoms with Crippen molar-refractivity contribution in [1.82, 2.24) is 14.3 Å². The highest BCUT2D eigenvalue weighted by Crippen LogP contribution is 2.05. The molecule has 0 spiro atoms. The second-order valence-electron chi connectivity index (χ2n) is 4.47. The maximum absolute atomic E-state index is 11.8. The van der Waals surface area contributed by atoms with Crippen LogP contribution in [-0.4, -0.2) is 20.3 Å². The molecule has 0 aliphatic rings. The molecule has 0 saturated heterocycles. The lowest BCUT2D eigenvalue weighted by atomic mass is 10.3. The molecule has 2 aromatic heterocycles. The van der Waals surface area contributed by atoms with Crippen LogP contribution in [0.3, 0.4) is 0 Å². The number of carbonyl (C=O) groups excluding carboxylic acids is 1. The Morgan fingerprint density at radius 3 is 2.85 bits per heavy atom. The third-order valence-electron chi connectivity index (χ3n) is 2.69. The highest BCUT2D eigenvalue weighted by molar-refractivity contribution is 5.90. The van der Waals surface area contributed by atoms with Gasteiger partial charge in [0.2, 0.25) is 5.91 Å². The molecule has 0 aliphatic heterocycles. The number of carbonyl (C=O) groups is 1. The van der Waals surface area contributed by atoms with E-state index in [0.29, 0.717) is 17.9 Å². The second kappa shape index (κ2) is 6.05. The van der Waals surface area contributed by atoms with Crippen molar-refractivity contribution in [3.05, 3.63) is 41.1 Å². The minimum Gasteiger partial charge on any atom is -0.396 e. The minimum absolute atomic E-state index is 0.0735. The molecule has 3 N–H and O–H groups in total. The van der Waals surface area contributed by atoms with Crippen molar-refractivity contribution in [2.24, 2.45) is 0 Å². The maximum Gasteiger partial charge on any atom is 0.250 e. The topological polar surface area (TPSA) is 94.9 Å². The predicted octanol–water partition coefficient (Wildman–Crippen LogP) is 0.676. The number of rotatable bonds is 5. The van der Waals surface area contributed by atoms with E-state index < -0.39 is 0 Å². The van der Waals surface area contributed by atoms with Gasteiger partial charge in [0, 0.05) is 25.0 Å². The molecule has 2 aromatic rings. The lowest BCUT2D eigenvalue weighted by molar-refractivity contribution is -0.116. The van der Waals surface area contributed by atoms with Gasteiger partial charge in [-0.3, -0.25) is 14.3 Å². The fourth-order valence-corrected chi connectivity index (χ4v) is 1.83. The largest absolute Gasteiger partial charge is 0.396 e. The number of aromatic nitrogens is 3. The molecule has 20 heavy (non-hydrogen) atoms. The van der Waals surface area contributed by atoms with Gasteiger partial charge < -0.3 is 15.6 Å². The summed E-state index contributed by atoms with van der Waals surface area (Å²) in [4.78, 5) is 23.4. The molecule has 2 rings (SSSR count). The van der Waals surface area contributed by atoms with E-state index in [9.17, 15) is 9.59 Å². The van der Waals surface area contributed by atoms with Crippen LogP contribution in [0.25, 0.3) is 0 Å². The Kier molecular flexibility index (Phi) is 4.19. The smallest absolute Gasteiger partial charge is 0.250 e. The van der Waals surface area contributed by atoms with Gasteiger partial charge in [0.15, 0.2) is 0 Å². The highest BCUT2D eigenvalue weighted by Gasteiger charge is 2.06. The van der Waals surface area contributed by atoms with E-state index in [1.54, 1.807) is 23.0 Å². The van der Waals surface area contributed by atoms with Crippen LogP contribution >= 0.6 is 0 Å². The Morgan fingerprint density at radius 1 is 1.40 bits per heavy atom. The molecular formula is C13H17N5O2. The summed E-state index contributed by atoms with van der Waals surface area (Å²) in [7, 11) is 0. The number of hydrogen-bond donors (Lipinski definition) is 2. The zero-order valence-electron chi connectivity index (χ0n) is 11.2. The van der Waals surface area contributed by atoms with Crippen molar-refractivity contribution in [3.8, 4) is 0 Å². The monoisotopic (exact) mass is 275 g/mol. The third-order valence-corrected chi connectivity index (χ3v) is 2.69. The third kappa shape index (κ3) is 3.47. The minimum atomic E-state index is -0.227. The normalized spacial score (nSPS) is 10.4. The van der Waals surface area contributed by atoms with Crippen molar-refractivity contribution < 1.29 is 4.79 Å². The van der Waals surface area contributed by atoms with Gasteiger partial charge in [-0.2, -0.15) is 5.10 Å². The Morgan fingerprint density at radius 2 is 2.20 bits per heavy atom. The Hall–Kier alpha value is -2.57. The number of hydrogen-bond acceptors (Lipinski definition) is 4. The lowest BCUT2D eigenvalue weighted by Crippen LogP contribution is -2.22. The summed E-state index contributed by atoms with van der Waals surface area (Å²) in [6.07, 6.45) is 5.55. The summed E-state index contributed by atoms with van der Waals surface area (Å²) < 4.78 is 3.02. The van der Waals surface area contributed by atoms with Crippen molar-refractivity contribution in [2.45, 2.75) is 26.4 Å². The number of aryl methyl sites for hydroxylation is 1. The van der Waals surface area contributed by atoms with Crippen LogP contribution in [0.15, 0.2) is 35.5 Å². The second-order valence-corrected chi connectivity index (χ2v) is 4.47. The van der Waals surface area contributed by atoms with E-state index in [-0.39, 0.29) is 18.0 Å². The predicted molar refractivity (Wildman–Crippen MR) is 76.3 cm³/mol. The SMILES string of the molecule is CCCn1cc(NC(=O)Cn2cc(N)cn2)ccc1=O. The number of nitrogens with one attached hydrogen (secondary N) is 1. The number of amides is 1. The summed E-state index contributed by atoms with van der Waals surface area (Å²) in [6, 6.07) is 3.03. The molecule has 0 unspecified atom stereocenters. The van der Waals surface area contributed by atoms with E-state index >= 15 is 0 Å². The van der Waals surface area contributed by atoms with Crippen molar-refractivity contribution in [1.29, 1.82) is 0 Å². The Labute approximate surface area is 116 Å². The zero-order chi connectivity index (χ0) is 14.5. The Balaban J connectivity index is 2.04. The first-order chi connectivity index (χ1) is 9.58. The van der Waals surface area contributed by atoms with Gasteiger partial charge in [0.25, 0.3) is 5.56 Å². The van der Waals surface area contributed by atoms with E-state index in [0.717, 1.165) is 6.42 Å². The number of anilines is 2. The van der Waals surface area contributed by atoms with Gasteiger partial charge in [-0.15, -0.1) is 0 Å². The first-order valence-corrected chi connectivity index (χ1v) is 6.36. The van der Waals surface area contributed by atoms with Gasteiger partial charge in [0.05, 0.1) is 17.6 Å². The molecule has 0 saturated carbocycles. The molecule has 0 radical (unpaired) electrons. The molecule has 0 aromatic carbocycles. The van der Waals surface area contributed by atoms with Gasteiger partial charge in [0.1, 0.15) is 6.54 Å². The zero-order valence-corrected chi connectivity index (χ0v) is 11.2. The van der Waals surface area contributed by atoms with Crippen molar-refractivity contribution in [2.75, 3.05) is 11.1 Å². The van der Waals surface area contributed by atoms with Crippen LogP contribution in [0.2, 0.25) is 0 Å². The molecule has 7 nitrogen and oxygen atoms in total. The highest BCUT2D eigenvalue weighted by atomic mass is 16.2. The van der Waals surface area contributed by atoms with E-state index in [4.69, 9.17) is 5.73 Å². The molecule has 0 atom stereocenters. The van der Waals surface area contributed by atoms with Crippen LogP contribution < -0.4 is 16.6 Å². The summed E-state index contributed by atoms with van der Waals surface area (Å²) in [5.41, 5.74) is 6.54. The first-order valence-electron chi connectivity index (χ1n) is 6.36. The van der Waals surface area contributed by atoms with E-state index in [1.165, 1.54) is 16.9 Å². The average Bonchev–Trinajstić information content (AvgIpc) is 2.79. The van der Waals surface area contributed by atoms with Crippen LogP contribution in [0.1, 0.15) is 13.3 Å². The van der Waals surface area contributed by atoms with Crippen molar-refractivity contribution in [3.63, 3.8) is 0 Å². The fraction of sp³-hybridized carbons (Fsp3) is 0.308. The quantitative estimate of drug-likeness (QED) is 0.838. The molecule has 1 amide bonds. The molecular weight excluding hydrogens is 258 g/mol. The molecule has 0 fully saturated rings. The fourth-order valence-electron chi connectivity index (χ4n) is 1.83.